The van der Waals surface area contributed by atoms with Gasteiger partial charge in [0.1, 0.15) is 0 Å². The average Bonchev–Trinajstić information content (AvgIpc) is 2.36. The van der Waals surface area contributed by atoms with Crippen LogP contribution >= 0.6 is 0 Å². The van der Waals surface area contributed by atoms with Crippen LogP contribution in [0.4, 0.5) is 5.95 Å². The van der Waals surface area contributed by atoms with E-state index in [1.54, 1.807) is 19.2 Å². The number of pyridine rings is 1. The van der Waals surface area contributed by atoms with Crippen LogP contribution in [0.15, 0.2) is 24.4 Å². The summed E-state index contributed by atoms with van der Waals surface area (Å²) in [6.07, 6.45) is 1.71. The first kappa shape index (κ1) is 13.1. The highest BCUT2D eigenvalue weighted by Crippen LogP contribution is 2.09. The number of carbonyl (C=O) groups is 1. The van der Waals surface area contributed by atoms with Gasteiger partial charge in [0.15, 0.2) is 5.78 Å². The highest BCUT2D eigenvalue weighted by molar-refractivity contribution is 5.95. The second kappa shape index (κ2) is 5.56. The first-order valence-electron chi connectivity index (χ1n) is 6.07. The van der Waals surface area contributed by atoms with Gasteiger partial charge < -0.3 is 5.32 Å². The molecule has 0 amide bonds. The third kappa shape index (κ3) is 3.34. The second-order valence-electron chi connectivity index (χ2n) is 4.37. The standard InChI is InChI=1S/C14H16N4O/c1-9-6-7-15-14(17-9)16-8-12-4-5-13(11(3)19)10(2)18-12/h4-7H,8H2,1-3H3,(H,15,16,17). The normalized spacial score (nSPS) is 10.3. The van der Waals surface area contributed by atoms with Crippen molar-refractivity contribution in [1.82, 2.24) is 15.0 Å². The number of aryl methyl sites for hydroxylation is 2. The van der Waals surface area contributed by atoms with Crippen molar-refractivity contribution in [2.75, 3.05) is 5.32 Å². The molecule has 2 heterocycles. The number of hydrogen-bond acceptors (Lipinski definition) is 5. The van der Waals surface area contributed by atoms with Crippen molar-refractivity contribution >= 4 is 11.7 Å². The summed E-state index contributed by atoms with van der Waals surface area (Å²) in [5.41, 5.74) is 3.17. The Kier molecular flexibility index (Phi) is 3.85. The number of Topliss-reactive ketones (excluding diaryl/α,β-unsaturated/α-hetero) is 1. The zero-order valence-corrected chi connectivity index (χ0v) is 11.3. The van der Waals surface area contributed by atoms with E-state index in [9.17, 15) is 4.79 Å². The minimum absolute atomic E-state index is 0.0338. The lowest BCUT2D eigenvalue weighted by Gasteiger charge is -2.07. The van der Waals surface area contributed by atoms with Crippen molar-refractivity contribution in [2.24, 2.45) is 0 Å². The van der Waals surface area contributed by atoms with Crippen molar-refractivity contribution in [2.45, 2.75) is 27.3 Å². The molecule has 2 aromatic rings. The van der Waals surface area contributed by atoms with E-state index in [0.29, 0.717) is 18.1 Å². The van der Waals surface area contributed by atoms with Gasteiger partial charge in [0.05, 0.1) is 12.2 Å². The van der Waals surface area contributed by atoms with Crippen molar-refractivity contribution < 1.29 is 4.79 Å². The first-order chi connectivity index (χ1) is 9.06. The highest BCUT2D eigenvalue weighted by atomic mass is 16.1. The van der Waals surface area contributed by atoms with E-state index in [1.165, 1.54) is 0 Å². The summed E-state index contributed by atoms with van der Waals surface area (Å²) in [7, 11) is 0. The van der Waals surface area contributed by atoms with Crippen molar-refractivity contribution in [3.63, 3.8) is 0 Å². The highest BCUT2D eigenvalue weighted by Gasteiger charge is 2.06. The maximum absolute atomic E-state index is 11.3. The quantitative estimate of drug-likeness (QED) is 0.850. The Hall–Kier alpha value is -2.30. The molecule has 0 unspecified atom stereocenters. The van der Waals surface area contributed by atoms with Gasteiger partial charge >= 0.3 is 0 Å². The number of nitrogens with zero attached hydrogens (tertiary/aromatic N) is 3. The van der Waals surface area contributed by atoms with E-state index >= 15 is 0 Å². The number of ketones is 1. The summed E-state index contributed by atoms with van der Waals surface area (Å²) in [6, 6.07) is 5.49. The summed E-state index contributed by atoms with van der Waals surface area (Å²) < 4.78 is 0. The molecule has 0 radical (unpaired) electrons. The molecule has 0 aliphatic heterocycles. The smallest absolute Gasteiger partial charge is 0.223 e. The van der Waals surface area contributed by atoms with Gasteiger partial charge in [-0.15, -0.1) is 0 Å². The van der Waals surface area contributed by atoms with E-state index in [4.69, 9.17) is 0 Å². The zero-order valence-electron chi connectivity index (χ0n) is 11.3. The topological polar surface area (TPSA) is 67.8 Å². The lowest BCUT2D eigenvalue weighted by Crippen LogP contribution is -2.07. The fourth-order valence-electron chi connectivity index (χ4n) is 1.79. The monoisotopic (exact) mass is 256 g/mol. The third-order valence-electron chi connectivity index (χ3n) is 2.75. The summed E-state index contributed by atoms with van der Waals surface area (Å²) in [5, 5.41) is 3.11. The molecule has 0 spiro atoms. The van der Waals surface area contributed by atoms with Crippen molar-refractivity contribution in [1.29, 1.82) is 0 Å². The molecule has 0 fully saturated rings. The van der Waals surface area contributed by atoms with Gasteiger partial charge in [0.25, 0.3) is 0 Å². The minimum atomic E-state index is 0.0338. The fraction of sp³-hybridized carbons (Fsp3) is 0.286. The molecule has 0 aliphatic rings. The SMILES string of the molecule is CC(=O)c1ccc(CNc2nccc(C)n2)nc1C. The zero-order chi connectivity index (χ0) is 13.8. The number of anilines is 1. The predicted molar refractivity (Wildman–Crippen MR) is 73.1 cm³/mol. The van der Waals surface area contributed by atoms with E-state index in [2.05, 4.69) is 20.3 Å². The first-order valence-corrected chi connectivity index (χ1v) is 6.07. The van der Waals surface area contributed by atoms with Crippen molar-refractivity contribution in [3.05, 3.63) is 47.0 Å². The van der Waals surface area contributed by atoms with E-state index in [0.717, 1.165) is 17.1 Å². The Balaban J connectivity index is 2.08. The molecule has 0 aromatic carbocycles. The third-order valence-corrected chi connectivity index (χ3v) is 2.75. The van der Waals surface area contributed by atoms with Gasteiger partial charge in [-0.25, -0.2) is 9.97 Å². The van der Waals surface area contributed by atoms with Gasteiger partial charge in [-0.05, 0) is 39.0 Å². The molecule has 0 aliphatic carbocycles. The maximum Gasteiger partial charge on any atom is 0.223 e. The lowest BCUT2D eigenvalue weighted by atomic mass is 10.1. The Labute approximate surface area is 112 Å². The van der Waals surface area contributed by atoms with Crippen LogP contribution in [0.2, 0.25) is 0 Å². The Bertz CT molecular complexity index is 610. The van der Waals surface area contributed by atoms with Crippen LogP contribution in [0.25, 0.3) is 0 Å². The number of rotatable bonds is 4. The van der Waals surface area contributed by atoms with E-state index < -0.39 is 0 Å². The lowest BCUT2D eigenvalue weighted by molar-refractivity contribution is 0.101. The molecule has 0 saturated carbocycles. The number of hydrogen-bond donors (Lipinski definition) is 1. The Morgan fingerprint density at radius 3 is 2.63 bits per heavy atom. The summed E-state index contributed by atoms with van der Waals surface area (Å²) in [5.74, 6) is 0.613. The molecule has 98 valence electrons. The summed E-state index contributed by atoms with van der Waals surface area (Å²) >= 11 is 0. The van der Waals surface area contributed by atoms with E-state index in [1.807, 2.05) is 26.0 Å². The molecule has 5 nitrogen and oxygen atoms in total. The van der Waals surface area contributed by atoms with Crippen LogP contribution in [-0.4, -0.2) is 20.7 Å². The van der Waals surface area contributed by atoms with Gasteiger partial charge in [0, 0.05) is 23.1 Å². The molecule has 0 bridgehead atoms. The molecule has 2 rings (SSSR count). The fourth-order valence-corrected chi connectivity index (χ4v) is 1.79. The van der Waals surface area contributed by atoms with Gasteiger partial charge in [-0.2, -0.15) is 0 Å². The van der Waals surface area contributed by atoms with Gasteiger partial charge in [-0.1, -0.05) is 0 Å². The molecule has 0 saturated heterocycles. The summed E-state index contributed by atoms with van der Waals surface area (Å²) in [6.45, 7) is 5.82. The van der Waals surface area contributed by atoms with Crippen LogP contribution in [0, 0.1) is 13.8 Å². The number of nitrogens with one attached hydrogen (secondary N) is 1. The minimum Gasteiger partial charge on any atom is -0.349 e. The molecule has 19 heavy (non-hydrogen) atoms. The Morgan fingerprint density at radius 2 is 2.00 bits per heavy atom. The maximum atomic E-state index is 11.3. The van der Waals surface area contributed by atoms with Gasteiger partial charge in [-0.3, -0.25) is 9.78 Å². The number of aromatic nitrogens is 3. The summed E-state index contributed by atoms with van der Waals surface area (Å²) in [4.78, 5) is 24.1. The molecule has 5 heteroatoms. The van der Waals surface area contributed by atoms with Crippen LogP contribution < -0.4 is 5.32 Å². The van der Waals surface area contributed by atoms with Crippen molar-refractivity contribution in [3.8, 4) is 0 Å². The van der Waals surface area contributed by atoms with E-state index in [-0.39, 0.29) is 5.78 Å². The molecule has 2 aromatic heterocycles. The van der Waals surface area contributed by atoms with Crippen LogP contribution in [0.3, 0.4) is 0 Å². The van der Waals surface area contributed by atoms with Crippen LogP contribution in [0.1, 0.15) is 34.4 Å². The Morgan fingerprint density at radius 1 is 1.21 bits per heavy atom. The molecule has 0 atom stereocenters. The molecular weight excluding hydrogens is 240 g/mol. The van der Waals surface area contributed by atoms with Crippen LogP contribution in [-0.2, 0) is 6.54 Å². The molecular formula is C14H16N4O. The molecule has 1 N–H and O–H groups in total. The van der Waals surface area contributed by atoms with Gasteiger partial charge in [0.2, 0.25) is 5.95 Å². The second-order valence-corrected chi connectivity index (χ2v) is 4.37. The van der Waals surface area contributed by atoms with Crippen LogP contribution in [0.5, 0.6) is 0 Å². The largest absolute Gasteiger partial charge is 0.349 e. The predicted octanol–water partition coefficient (Wildman–Crippen LogP) is 2.30. The number of carbonyl (C=O) groups excluding carboxylic acids is 1. The average molecular weight is 256 g/mol.